The number of para-hydroxylation sites is 1. The van der Waals surface area contributed by atoms with Gasteiger partial charge in [-0.1, -0.05) is 60.3 Å². The Morgan fingerprint density at radius 3 is 2.83 bits per heavy atom. The fourth-order valence-corrected chi connectivity index (χ4v) is 4.16. The first-order valence-electron chi connectivity index (χ1n) is 7.21. The van der Waals surface area contributed by atoms with Crippen LogP contribution in [0.1, 0.15) is 25.6 Å². The van der Waals surface area contributed by atoms with E-state index in [2.05, 4.69) is 29.1 Å². The summed E-state index contributed by atoms with van der Waals surface area (Å²) >= 11 is 8.45. The van der Waals surface area contributed by atoms with Gasteiger partial charge in [0.05, 0.1) is 11.4 Å². The van der Waals surface area contributed by atoms with Crippen LogP contribution in [0, 0.1) is 9.87 Å². The molecule has 0 fully saturated rings. The minimum Gasteiger partial charge on any atom is -0.339 e. The molecule has 0 unspecified atom stereocenters. The van der Waals surface area contributed by atoms with Crippen molar-refractivity contribution in [2.75, 3.05) is 0 Å². The summed E-state index contributed by atoms with van der Waals surface area (Å²) in [5.41, 5.74) is 0.972. The van der Waals surface area contributed by atoms with Crippen LogP contribution in [0.3, 0.4) is 0 Å². The van der Waals surface area contributed by atoms with Gasteiger partial charge >= 0.3 is 0 Å². The fourth-order valence-electron chi connectivity index (χ4n) is 1.96. The van der Waals surface area contributed by atoms with Crippen molar-refractivity contribution < 1.29 is 4.52 Å². The first-order chi connectivity index (χ1) is 11.1. The van der Waals surface area contributed by atoms with Crippen molar-refractivity contribution in [1.29, 1.82) is 0 Å². The Morgan fingerprint density at radius 1 is 1.30 bits per heavy atom. The largest absolute Gasteiger partial charge is 0.339 e. The van der Waals surface area contributed by atoms with Gasteiger partial charge in [-0.15, -0.1) is 5.10 Å². The molecule has 0 spiro atoms. The lowest BCUT2D eigenvalue weighted by Crippen LogP contribution is -1.96. The molecule has 0 aliphatic heterocycles. The van der Waals surface area contributed by atoms with Crippen LogP contribution in [-0.4, -0.2) is 19.9 Å². The quantitative estimate of drug-likeness (QED) is 0.473. The van der Waals surface area contributed by atoms with Crippen LogP contribution in [-0.2, 0) is 12.2 Å². The van der Waals surface area contributed by atoms with E-state index in [0.717, 1.165) is 20.4 Å². The van der Waals surface area contributed by atoms with Crippen LogP contribution >= 0.6 is 35.3 Å². The topological polar surface area (TPSA) is 56.7 Å². The molecule has 1 aromatic carbocycles. The van der Waals surface area contributed by atoms with E-state index in [4.69, 9.17) is 16.7 Å². The normalized spacial score (nSPS) is 11.3. The summed E-state index contributed by atoms with van der Waals surface area (Å²) in [6.07, 6.45) is 0.805. The van der Waals surface area contributed by atoms with Crippen molar-refractivity contribution in [1.82, 2.24) is 19.9 Å². The molecule has 23 heavy (non-hydrogen) atoms. The van der Waals surface area contributed by atoms with Crippen LogP contribution in [0.5, 0.6) is 0 Å². The molecule has 0 N–H and O–H groups in total. The summed E-state index contributed by atoms with van der Waals surface area (Å²) in [5.74, 6) is 2.51. The van der Waals surface area contributed by atoms with Crippen molar-refractivity contribution in [3.8, 4) is 5.69 Å². The van der Waals surface area contributed by atoms with E-state index in [1.54, 1.807) is 16.4 Å². The van der Waals surface area contributed by atoms with Gasteiger partial charge in [-0.3, -0.25) is 0 Å². The van der Waals surface area contributed by atoms with E-state index >= 15 is 0 Å². The SMILES string of the molecule is CC(C)Cc1nc(CSc2nn(-c3ccccc3)c(=S)s2)no1. The lowest BCUT2D eigenvalue weighted by atomic mass is 10.1. The lowest BCUT2D eigenvalue weighted by Gasteiger charge is -1.98. The summed E-state index contributed by atoms with van der Waals surface area (Å²) in [6.45, 7) is 4.25. The third kappa shape index (κ3) is 4.27. The molecule has 3 rings (SSSR count). The van der Waals surface area contributed by atoms with E-state index in [1.165, 1.54) is 11.3 Å². The van der Waals surface area contributed by atoms with Gasteiger partial charge in [-0.05, 0) is 30.3 Å². The molecular weight excluding hydrogens is 348 g/mol. The second kappa shape index (κ2) is 7.37. The van der Waals surface area contributed by atoms with Crippen molar-refractivity contribution in [3.63, 3.8) is 0 Å². The zero-order chi connectivity index (χ0) is 16.2. The molecule has 0 aliphatic carbocycles. The Kier molecular flexibility index (Phi) is 5.24. The Morgan fingerprint density at radius 2 is 2.09 bits per heavy atom. The van der Waals surface area contributed by atoms with Gasteiger partial charge in [-0.25, -0.2) is 4.68 Å². The molecule has 0 amide bonds. The number of hydrogen-bond donors (Lipinski definition) is 0. The number of benzene rings is 1. The molecule has 120 valence electrons. The number of nitrogens with zero attached hydrogens (tertiary/aromatic N) is 4. The molecule has 2 aromatic heterocycles. The van der Waals surface area contributed by atoms with Crippen LogP contribution < -0.4 is 0 Å². The molecule has 8 heteroatoms. The summed E-state index contributed by atoms with van der Waals surface area (Å²) in [7, 11) is 0. The summed E-state index contributed by atoms with van der Waals surface area (Å²) in [4.78, 5) is 4.40. The van der Waals surface area contributed by atoms with E-state index in [0.29, 0.717) is 23.4 Å². The maximum Gasteiger partial charge on any atom is 0.226 e. The van der Waals surface area contributed by atoms with Gasteiger partial charge < -0.3 is 4.52 Å². The summed E-state index contributed by atoms with van der Waals surface area (Å²) in [5, 5.41) is 8.57. The maximum atomic E-state index is 5.39. The van der Waals surface area contributed by atoms with Crippen molar-refractivity contribution in [2.45, 2.75) is 30.4 Å². The smallest absolute Gasteiger partial charge is 0.226 e. The number of rotatable bonds is 6. The van der Waals surface area contributed by atoms with E-state index in [1.807, 2.05) is 30.3 Å². The highest BCUT2D eigenvalue weighted by molar-refractivity contribution is 8.00. The molecule has 0 bridgehead atoms. The number of aromatic nitrogens is 4. The van der Waals surface area contributed by atoms with Crippen molar-refractivity contribution in [2.24, 2.45) is 5.92 Å². The van der Waals surface area contributed by atoms with Crippen LogP contribution in [0.4, 0.5) is 0 Å². The molecule has 0 saturated heterocycles. The fraction of sp³-hybridized carbons (Fsp3) is 0.333. The van der Waals surface area contributed by atoms with Crippen molar-refractivity contribution in [3.05, 3.63) is 46.0 Å². The molecular formula is C15H16N4OS3. The Bertz CT molecular complexity index is 823. The maximum absolute atomic E-state index is 5.39. The third-order valence-electron chi connectivity index (χ3n) is 2.95. The second-order valence-electron chi connectivity index (χ2n) is 5.37. The van der Waals surface area contributed by atoms with Crippen LogP contribution in [0.25, 0.3) is 5.69 Å². The minimum absolute atomic E-state index is 0.502. The monoisotopic (exact) mass is 364 g/mol. The number of hydrogen-bond acceptors (Lipinski definition) is 7. The first kappa shape index (κ1) is 16.4. The van der Waals surface area contributed by atoms with Gasteiger partial charge in [0.1, 0.15) is 0 Å². The molecule has 0 radical (unpaired) electrons. The molecule has 0 aliphatic rings. The van der Waals surface area contributed by atoms with Crippen LogP contribution in [0.2, 0.25) is 0 Å². The van der Waals surface area contributed by atoms with Gasteiger partial charge in [0.25, 0.3) is 0 Å². The zero-order valence-corrected chi connectivity index (χ0v) is 15.2. The average molecular weight is 365 g/mol. The van der Waals surface area contributed by atoms with E-state index in [9.17, 15) is 0 Å². The zero-order valence-electron chi connectivity index (χ0n) is 12.8. The Labute approximate surface area is 147 Å². The molecule has 0 saturated carbocycles. The lowest BCUT2D eigenvalue weighted by molar-refractivity contribution is 0.360. The third-order valence-corrected chi connectivity index (χ3v) is 5.31. The second-order valence-corrected chi connectivity index (χ2v) is 8.22. The van der Waals surface area contributed by atoms with Crippen LogP contribution in [0.15, 0.2) is 39.2 Å². The minimum atomic E-state index is 0.502. The predicted molar refractivity (Wildman–Crippen MR) is 94.7 cm³/mol. The summed E-state index contributed by atoms with van der Waals surface area (Å²) in [6, 6.07) is 9.89. The highest BCUT2D eigenvalue weighted by Crippen LogP contribution is 2.26. The van der Waals surface area contributed by atoms with Gasteiger partial charge in [0.2, 0.25) is 5.89 Å². The number of thioether (sulfide) groups is 1. The molecule has 3 aromatic rings. The van der Waals surface area contributed by atoms with E-state index < -0.39 is 0 Å². The first-order valence-corrected chi connectivity index (χ1v) is 9.42. The average Bonchev–Trinajstić information content (AvgIpc) is 3.12. The predicted octanol–water partition coefficient (Wildman–Crippen LogP) is 4.54. The molecule has 0 atom stereocenters. The molecule has 2 heterocycles. The molecule has 5 nitrogen and oxygen atoms in total. The van der Waals surface area contributed by atoms with Gasteiger partial charge in [-0.2, -0.15) is 4.98 Å². The van der Waals surface area contributed by atoms with Gasteiger partial charge in [0.15, 0.2) is 14.1 Å². The highest BCUT2D eigenvalue weighted by atomic mass is 32.2. The summed E-state index contributed by atoms with van der Waals surface area (Å²) < 4.78 is 8.65. The Balaban J connectivity index is 1.67. The van der Waals surface area contributed by atoms with Gasteiger partial charge in [0, 0.05) is 6.42 Å². The highest BCUT2D eigenvalue weighted by Gasteiger charge is 2.11. The Hall–Kier alpha value is -1.51. The standard InChI is InChI=1S/C15H16N4OS3/c1-10(2)8-13-16-12(18-20-13)9-22-14-17-19(15(21)23-14)11-6-4-3-5-7-11/h3-7,10H,8-9H2,1-2H3. The van der Waals surface area contributed by atoms with E-state index in [-0.39, 0.29) is 0 Å². The van der Waals surface area contributed by atoms with Crippen molar-refractivity contribution >= 4 is 35.3 Å².